The Balaban J connectivity index is 4.17. The summed E-state index contributed by atoms with van der Waals surface area (Å²) in [4.78, 5) is 0. The van der Waals surface area contributed by atoms with Gasteiger partial charge in [0.05, 0.1) is 6.61 Å². The van der Waals surface area contributed by atoms with Crippen molar-refractivity contribution in [2.24, 2.45) is 0 Å². The Hall–Kier alpha value is 1.07. The molecule has 0 saturated heterocycles. The minimum atomic E-state index is -2.26. The first-order valence-corrected chi connectivity index (χ1v) is 11.2. The third-order valence-corrected chi connectivity index (χ3v) is 8.33. The van der Waals surface area contributed by atoms with Crippen LogP contribution < -0.4 is 0 Å². The second-order valence-electron chi connectivity index (χ2n) is 3.09. The maximum absolute atomic E-state index is 11.3. The molecule has 0 aromatic heterocycles. The Labute approximate surface area is 110 Å². The largest absolute Gasteiger partial charge is 0.322 e. The molecule has 0 amide bonds. The monoisotopic (exact) mass is 304 g/mol. The lowest BCUT2D eigenvalue weighted by atomic mass is 10.5. The average Bonchev–Trinajstić information content (AvgIpc) is 2.31. The summed E-state index contributed by atoms with van der Waals surface area (Å²) < 4.78 is 22.5. The molecule has 0 saturated carbocycles. The molecule has 0 radical (unpaired) electrons. The van der Waals surface area contributed by atoms with Gasteiger partial charge in [0, 0.05) is 22.3 Å². The van der Waals surface area contributed by atoms with Crippen molar-refractivity contribution in [3.05, 3.63) is 0 Å². The topological polar surface area (TPSA) is 35.5 Å². The van der Waals surface area contributed by atoms with Crippen LogP contribution in [0.1, 0.15) is 33.6 Å². The maximum atomic E-state index is 11.3. The van der Waals surface area contributed by atoms with Gasteiger partial charge >= 0.3 is 0 Å². The van der Waals surface area contributed by atoms with Gasteiger partial charge in [-0.2, -0.15) is 0 Å². The van der Waals surface area contributed by atoms with Crippen molar-refractivity contribution in [1.82, 2.24) is 0 Å². The van der Waals surface area contributed by atoms with Crippen LogP contribution in [0.15, 0.2) is 0 Å². The summed E-state index contributed by atoms with van der Waals surface area (Å²) in [6.45, 7) is 6.62. The van der Waals surface area contributed by atoms with Gasteiger partial charge in [0.2, 0.25) is 5.69 Å². The first kappa shape index (κ1) is 17.1. The van der Waals surface area contributed by atoms with Crippen molar-refractivity contribution >= 4 is 39.7 Å². The molecule has 0 rings (SSSR count). The molecule has 2 unspecified atom stereocenters. The molecule has 3 nitrogen and oxygen atoms in total. The van der Waals surface area contributed by atoms with E-state index in [2.05, 4.69) is 6.92 Å². The highest BCUT2D eigenvalue weighted by Gasteiger charge is 2.20. The summed E-state index contributed by atoms with van der Waals surface area (Å²) in [6.07, 6.45) is 1.96. The van der Waals surface area contributed by atoms with Gasteiger partial charge in [-0.3, -0.25) is 4.21 Å². The van der Waals surface area contributed by atoms with E-state index in [1.165, 1.54) is 0 Å². The van der Waals surface area contributed by atoms with Gasteiger partial charge in [-0.1, -0.05) is 32.2 Å². The normalized spacial score (nSPS) is 16.9. The van der Waals surface area contributed by atoms with Crippen molar-refractivity contribution in [2.45, 2.75) is 33.6 Å². The van der Waals surface area contributed by atoms with Crippen LogP contribution in [0.4, 0.5) is 0 Å². The fourth-order valence-corrected chi connectivity index (χ4v) is 6.47. The molecular weight excluding hydrogens is 283 g/mol. The number of hydrogen-bond acceptors (Lipinski definition) is 5. The van der Waals surface area contributed by atoms with E-state index in [4.69, 9.17) is 20.9 Å². The summed E-state index contributed by atoms with van der Waals surface area (Å²) >= 11 is 6.96. The second kappa shape index (κ2) is 10.0. The highest BCUT2D eigenvalue weighted by Crippen LogP contribution is 2.61. The van der Waals surface area contributed by atoms with Crippen LogP contribution in [-0.2, 0) is 31.7 Å². The van der Waals surface area contributed by atoms with Crippen LogP contribution in [0.2, 0.25) is 0 Å². The van der Waals surface area contributed by atoms with Crippen molar-refractivity contribution in [3.8, 4) is 0 Å². The maximum Gasteiger partial charge on any atom is 0.248 e. The van der Waals surface area contributed by atoms with E-state index in [1.807, 2.05) is 13.8 Å². The molecule has 98 valence electrons. The zero-order chi connectivity index (χ0) is 12.4. The highest BCUT2D eigenvalue weighted by molar-refractivity contribution is 8.67. The molecule has 0 bridgehead atoms. The molecule has 0 aromatic rings. The lowest BCUT2D eigenvalue weighted by Gasteiger charge is -2.20. The molecule has 16 heavy (non-hydrogen) atoms. The van der Waals surface area contributed by atoms with Crippen molar-refractivity contribution in [2.75, 3.05) is 24.1 Å². The van der Waals surface area contributed by atoms with Crippen molar-refractivity contribution in [3.63, 3.8) is 0 Å². The first-order chi connectivity index (χ1) is 7.58. The minimum absolute atomic E-state index is 0.203. The molecule has 0 fully saturated rings. The molecule has 0 aromatic carbocycles. The van der Waals surface area contributed by atoms with Crippen molar-refractivity contribution < 1.29 is 13.3 Å². The van der Waals surface area contributed by atoms with Gasteiger partial charge in [0.1, 0.15) is 5.94 Å². The van der Waals surface area contributed by atoms with E-state index >= 15 is 0 Å². The lowest BCUT2D eigenvalue weighted by Crippen LogP contribution is -2.04. The lowest BCUT2D eigenvalue weighted by molar-refractivity contribution is 0.286. The van der Waals surface area contributed by atoms with E-state index in [-0.39, 0.29) is 5.94 Å². The van der Waals surface area contributed by atoms with E-state index < -0.39 is 16.5 Å². The molecular formula is C9H21O3PS3. The van der Waals surface area contributed by atoms with E-state index in [0.29, 0.717) is 12.4 Å². The van der Waals surface area contributed by atoms with Gasteiger partial charge in [-0.15, -0.1) is 0 Å². The summed E-state index contributed by atoms with van der Waals surface area (Å²) in [5.41, 5.74) is -2.26. The van der Waals surface area contributed by atoms with E-state index in [9.17, 15) is 4.21 Å². The Morgan fingerprint density at radius 2 is 1.94 bits per heavy atom. The van der Waals surface area contributed by atoms with Crippen LogP contribution >= 0.6 is 17.1 Å². The second-order valence-corrected chi connectivity index (χ2v) is 11.2. The first-order valence-electron chi connectivity index (χ1n) is 5.46. The number of hydrogen-bond donors (Lipinski definition) is 0. The fourth-order valence-electron chi connectivity index (χ4n) is 0.725. The van der Waals surface area contributed by atoms with Crippen LogP contribution in [0.3, 0.4) is 0 Å². The predicted octanol–water partition coefficient (Wildman–Crippen LogP) is 3.52. The summed E-state index contributed by atoms with van der Waals surface area (Å²) in [7, 11) is -0.939. The molecule has 0 N–H and O–H groups in total. The van der Waals surface area contributed by atoms with Gasteiger partial charge in [0.25, 0.3) is 0 Å². The third kappa shape index (κ3) is 8.20. The van der Waals surface area contributed by atoms with Crippen LogP contribution in [-0.4, -0.2) is 28.3 Å². The third-order valence-electron chi connectivity index (χ3n) is 1.57. The van der Waals surface area contributed by atoms with Gasteiger partial charge in [-0.05, 0) is 24.6 Å². The molecule has 0 spiro atoms. The molecule has 0 heterocycles. The SMILES string of the molecule is CCCOP(=S)(OCS(=O)CC)SCCC. The van der Waals surface area contributed by atoms with Gasteiger partial charge in [0.15, 0.2) is 0 Å². The molecule has 0 aliphatic carbocycles. The zero-order valence-electron chi connectivity index (χ0n) is 10.1. The minimum Gasteiger partial charge on any atom is -0.322 e. The van der Waals surface area contributed by atoms with Crippen LogP contribution in [0.25, 0.3) is 0 Å². The quantitative estimate of drug-likeness (QED) is 0.577. The summed E-state index contributed by atoms with van der Waals surface area (Å²) in [6, 6.07) is 0. The Bertz CT molecular complexity index is 236. The van der Waals surface area contributed by atoms with Gasteiger partial charge in [-0.25, -0.2) is 0 Å². The number of rotatable bonds is 10. The highest BCUT2D eigenvalue weighted by atomic mass is 32.9. The zero-order valence-corrected chi connectivity index (χ0v) is 13.5. The Morgan fingerprint density at radius 1 is 1.25 bits per heavy atom. The van der Waals surface area contributed by atoms with Crippen LogP contribution in [0.5, 0.6) is 0 Å². The molecule has 0 aliphatic heterocycles. The van der Waals surface area contributed by atoms with Gasteiger partial charge < -0.3 is 9.05 Å². The standard InChI is InChI=1S/C9H21O3PS3/c1-4-7-11-13(14,15-8-5-2)12-9-16(10)6-3/h4-9H2,1-3H3. The Kier molecular flexibility index (Phi) is 10.7. The Morgan fingerprint density at radius 3 is 2.44 bits per heavy atom. The van der Waals surface area contributed by atoms with E-state index in [0.717, 1.165) is 18.6 Å². The molecule has 0 aliphatic rings. The summed E-state index contributed by atoms with van der Waals surface area (Å²) in [5.74, 6) is 1.73. The smallest absolute Gasteiger partial charge is 0.248 e. The molecule has 2 atom stereocenters. The van der Waals surface area contributed by atoms with E-state index in [1.54, 1.807) is 11.4 Å². The van der Waals surface area contributed by atoms with Crippen LogP contribution in [0, 0.1) is 0 Å². The summed E-state index contributed by atoms with van der Waals surface area (Å²) in [5, 5.41) is 0. The van der Waals surface area contributed by atoms with Crippen molar-refractivity contribution in [1.29, 1.82) is 0 Å². The average molecular weight is 304 g/mol. The molecule has 7 heteroatoms. The predicted molar refractivity (Wildman–Crippen MR) is 77.9 cm³/mol. The fraction of sp³-hybridized carbons (Fsp3) is 1.00.